The van der Waals surface area contributed by atoms with Crippen LogP contribution in [0.3, 0.4) is 0 Å². The molecule has 1 spiro atoms. The quantitative estimate of drug-likeness (QED) is 0.716. The molecule has 2 heterocycles. The zero-order valence-corrected chi connectivity index (χ0v) is 10.6. The Morgan fingerprint density at radius 3 is 2.75 bits per heavy atom. The topological polar surface area (TPSA) is 33.3 Å². The monoisotopic (exact) mass is 226 g/mol. The molecule has 1 atom stereocenters. The van der Waals surface area contributed by atoms with Crippen LogP contribution in [0.2, 0.25) is 0 Å². The molecule has 2 saturated heterocycles. The number of hydrogen-bond donors (Lipinski definition) is 2. The minimum atomic E-state index is 0.150. The first-order chi connectivity index (χ1) is 7.87. The van der Waals surface area contributed by atoms with E-state index in [1.807, 2.05) is 0 Å². The maximum atomic E-state index is 6.15. The standard InChI is InChI=1S/C13H26N2O/c1-2-3-4-5-12-13(16-11-10-15-12)6-8-14-9-7-13/h12,14-15H,2-11H2,1H3. The second kappa shape index (κ2) is 5.99. The van der Waals surface area contributed by atoms with Gasteiger partial charge in [-0.25, -0.2) is 0 Å². The van der Waals surface area contributed by atoms with Crippen LogP contribution in [-0.2, 0) is 4.74 Å². The van der Waals surface area contributed by atoms with E-state index >= 15 is 0 Å². The Morgan fingerprint density at radius 2 is 2.00 bits per heavy atom. The van der Waals surface area contributed by atoms with Crippen LogP contribution in [0.4, 0.5) is 0 Å². The molecule has 0 aromatic carbocycles. The second-order valence-corrected chi connectivity index (χ2v) is 5.17. The van der Waals surface area contributed by atoms with Crippen LogP contribution < -0.4 is 10.6 Å². The summed E-state index contributed by atoms with van der Waals surface area (Å²) in [6, 6.07) is 0.592. The van der Waals surface area contributed by atoms with Gasteiger partial charge < -0.3 is 15.4 Å². The van der Waals surface area contributed by atoms with Gasteiger partial charge in [0, 0.05) is 12.6 Å². The summed E-state index contributed by atoms with van der Waals surface area (Å²) in [5.74, 6) is 0. The Kier molecular flexibility index (Phi) is 4.62. The van der Waals surface area contributed by atoms with Crippen molar-refractivity contribution in [3.05, 3.63) is 0 Å². The molecule has 3 nitrogen and oxygen atoms in total. The first-order valence-electron chi connectivity index (χ1n) is 6.95. The van der Waals surface area contributed by atoms with Crippen molar-refractivity contribution in [2.24, 2.45) is 0 Å². The molecule has 2 fully saturated rings. The number of nitrogens with one attached hydrogen (secondary N) is 2. The SMILES string of the molecule is CCCCCC1NCCOC12CCNCC2. The summed E-state index contributed by atoms with van der Waals surface area (Å²) in [5, 5.41) is 7.12. The van der Waals surface area contributed by atoms with Gasteiger partial charge in [0.05, 0.1) is 12.2 Å². The molecule has 3 heteroatoms. The molecule has 1 unspecified atom stereocenters. The van der Waals surface area contributed by atoms with Gasteiger partial charge in [-0.2, -0.15) is 0 Å². The van der Waals surface area contributed by atoms with Crippen LogP contribution in [0, 0.1) is 0 Å². The Hall–Kier alpha value is -0.120. The summed E-state index contributed by atoms with van der Waals surface area (Å²) in [7, 11) is 0. The van der Waals surface area contributed by atoms with Gasteiger partial charge in [0.2, 0.25) is 0 Å². The van der Waals surface area contributed by atoms with E-state index in [2.05, 4.69) is 17.6 Å². The van der Waals surface area contributed by atoms with Crippen LogP contribution in [0.25, 0.3) is 0 Å². The predicted octanol–water partition coefficient (Wildman–Crippen LogP) is 1.68. The maximum Gasteiger partial charge on any atom is 0.0859 e. The van der Waals surface area contributed by atoms with E-state index in [0.717, 1.165) is 26.2 Å². The fourth-order valence-electron chi connectivity index (χ4n) is 3.08. The summed E-state index contributed by atoms with van der Waals surface area (Å²) in [6.07, 6.45) is 7.64. The van der Waals surface area contributed by atoms with Crippen molar-refractivity contribution in [3.8, 4) is 0 Å². The summed E-state index contributed by atoms with van der Waals surface area (Å²) in [6.45, 7) is 6.43. The van der Waals surface area contributed by atoms with Crippen molar-refractivity contribution in [3.63, 3.8) is 0 Å². The van der Waals surface area contributed by atoms with E-state index in [4.69, 9.17) is 4.74 Å². The van der Waals surface area contributed by atoms with Crippen LogP contribution in [0.5, 0.6) is 0 Å². The normalized spacial score (nSPS) is 29.4. The van der Waals surface area contributed by atoms with Crippen LogP contribution in [-0.4, -0.2) is 37.9 Å². The highest BCUT2D eigenvalue weighted by atomic mass is 16.5. The minimum Gasteiger partial charge on any atom is -0.372 e. The second-order valence-electron chi connectivity index (χ2n) is 5.17. The van der Waals surface area contributed by atoms with Gasteiger partial charge >= 0.3 is 0 Å². The summed E-state index contributed by atoms with van der Waals surface area (Å²) < 4.78 is 6.15. The lowest BCUT2D eigenvalue weighted by Crippen LogP contribution is -2.61. The molecule has 0 aromatic rings. The molecule has 0 radical (unpaired) electrons. The Bertz CT molecular complexity index is 194. The van der Waals surface area contributed by atoms with Gasteiger partial charge in [-0.3, -0.25) is 0 Å². The van der Waals surface area contributed by atoms with Gasteiger partial charge in [0.1, 0.15) is 0 Å². The smallest absolute Gasteiger partial charge is 0.0859 e. The number of morpholine rings is 1. The fourth-order valence-corrected chi connectivity index (χ4v) is 3.08. The molecule has 0 aliphatic carbocycles. The minimum absolute atomic E-state index is 0.150. The molecule has 16 heavy (non-hydrogen) atoms. The zero-order chi connectivity index (χ0) is 11.3. The van der Waals surface area contributed by atoms with Gasteiger partial charge in [0.25, 0.3) is 0 Å². The van der Waals surface area contributed by atoms with Crippen molar-refractivity contribution >= 4 is 0 Å². The Labute approximate surface area is 99.3 Å². The Morgan fingerprint density at radius 1 is 1.19 bits per heavy atom. The molecule has 0 bridgehead atoms. The summed E-state index contributed by atoms with van der Waals surface area (Å²) >= 11 is 0. The third-order valence-electron chi connectivity index (χ3n) is 4.06. The lowest BCUT2D eigenvalue weighted by atomic mass is 9.81. The van der Waals surface area contributed by atoms with Crippen LogP contribution >= 0.6 is 0 Å². The molecule has 2 aliphatic heterocycles. The third-order valence-corrected chi connectivity index (χ3v) is 4.06. The van der Waals surface area contributed by atoms with Crippen LogP contribution in [0.1, 0.15) is 45.4 Å². The van der Waals surface area contributed by atoms with E-state index in [1.165, 1.54) is 38.5 Å². The molecular formula is C13H26N2O. The number of rotatable bonds is 4. The average molecular weight is 226 g/mol. The summed E-state index contributed by atoms with van der Waals surface area (Å²) in [4.78, 5) is 0. The first kappa shape index (κ1) is 12.3. The van der Waals surface area contributed by atoms with E-state index in [0.29, 0.717) is 6.04 Å². The first-order valence-corrected chi connectivity index (χ1v) is 6.95. The van der Waals surface area contributed by atoms with E-state index in [1.54, 1.807) is 0 Å². The lowest BCUT2D eigenvalue weighted by Gasteiger charge is -2.47. The van der Waals surface area contributed by atoms with Crippen molar-refractivity contribution in [1.82, 2.24) is 10.6 Å². The molecule has 0 saturated carbocycles. The number of piperidine rings is 1. The van der Waals surface area contributed by atoms with Crippen LogP contribution in [0.15, 0.2) is 0 Å². The molecule has 2 rings (SSSR count). The van der Waals surface area contributed by atoms with E-state index in [-0.39, 0.29) is 5.60 Å². The highest BCUT2D eigenvalue weighted by Crippen LogP contribution is 2.31. The number of unbranched alkanes of at least 4 members (excludes halogenated alkanes) is 2. The largest absolute Gasteiger partial charge is 0.372 e. The molecule has 2 N–H and O–H groups in total. The van der Waals surface area contributed by atoms with Gasteiger partial charge in [0.15, 0.2) is 0 Å². The van der Waals surface area contributed by atoms with Crippen molar-refractivity contribution in [1.29, 1.82) is 0 Å². The van der Waals surface area contributed by atoms with E-state index in [9.17, 15) is 0 Å². The van der Waals surface area contributed by atoms with Gasteiger partial charge in [-0.05, 0) is 32.4 Å². The van der Waals surface area contributed by atoms with Gasteiger partial charge in [-0.15, -0.1) is 0 Å². The molecule has 2 aliphatic rings. The number of hydrogen-bond acceptors (Lipinski definition) is 3. The fraction of sp³-hybridized carbons (Fsp3) is 1.00. The molecular weight excluding hydrogens is 200 g/mol. The maximum absolute atomic E-state index is 6.15. The van der Waals surface area contributed by atoms with Crippen molar-refractivity contribution < 1.29 is 4.74 Å². The predicted molar refractivity (Wildman–Crippen MR) is 66.7 cm³/mol. The zero-order valence-electron chi connectivity index (χ0n) is 10.6. The summed E-state index contributed by atoms with van der Waals surface area (Å²) in [5.41, 5.74) is 0.150. The highest BCUT2D eigenvalue weighted by molar-refractivity contribution is 4.98. The van der Waals surface area contributed by atoms with Crippen molar-refractivity contribution in [2.75, 3.05) is 26.2 Å². The molecule has 0 aromatic heterocycles. The van der Waals surface area contributed by atoms with Gasteiger partial charge in [-0.1, -0.05) is 26.2 Å². The van der Waals surface area contributed by atoms with E-state index < -0.39 is 0 Å². The molecule has 0 amide bonds. The lowest BCUT2D eigenvalue weighted by molar-refractivity contribution is -0.115. The average Bonchev–Trinajstić information content (AvgIpc) is 2.33. The van der Waals surface area contributed by atoms with Crippen molar-refractivity contribution in [2.45, 2.75) is 57.1 Å². The highest BCUT2D eigenvalue weighted by Gasteiger charge is 2.42. The third kappa shape index (κ3) is 2.76. The Balaban J connectivity index is 1.90. The molecule has 94 valence electrons. The number of ether oxygens (including phenoxy) is 1.